The van der Waals surface area contributed by atoms with Gasteiger partial charge >= 0.3 is 5.97 Å². The Morgan fingerprint density at radius 1 is 1.17 bits per heavy atom. The van der Waals surface area contributed by atoms with Crippen LogP contribution in [0.4, 0.5) is 4.39 Å². The normalized spacial score (nSPS) is 15.1. The third-order valence-corrected chi connectivity index (χ3v) is 7.52. The number of methoxy groups -OCH3 is 1. The first-order valence-electron chi connectivity index (χ1n) is 8.96. The van der Waals surface area contributed by atoms with Crippen LogP contribution < -0.4 is 4.74 Å². The van der Waals surface area contributed by atoms with Crippen LogP contribution in [0.25, 0.3) is 0 Å². The lowest BCUT2D eigenvalue weighted by Crippen LogP contribution is -2.36. The van der Waals surface area contributed by atoms with E-state index in [1.54, 1.807) is 0 Å². The van der Waals surface area contributed by atoms with Crippen LogP contribution >= 0.6 is 11.3 Å². The second-order valence-electron chi connectivity index (χ2n) is 6.43. The number of sulfonamides is 1. The average Bonchev–Trinajstić information content (AvgIpc) is 3.23. The third-order valence-electron chi connectivity index (χ3n) is 4.56. The van der Waals surface area contributed by atoms with Crippen molar-refractivity contribution < 1.29 is 31.9 Å². The molecular formula is C19H20FNO6S2. The summed E-state index contributed by atoms with van der Waals surface area (Å²) in [5.74, 6) is -2.24. The Morgan fingerprint density at radius 2 is 1.90 bits per heavy atom. The number of ether oxygens (including phenoxy) is 2. The first kappa shape index (κ1) is 21.4. The summed E-state index contributed by atoms with van der Waals surface area (Å²) in [7, 11) is -2.50. The fourth-order valence-electron chi connectivity index (χ4n) is 3.01. The van der Waals surface area contributed by atoms with Crippen molar-refractivity contribution >= 4 is 33.1 Å². The standard InChI is InChI=1S/C19H20FNO6S2/c1-26-16-6-5-13(11-14(16)20)15(22)12-27-19(23)18-17(7-10-28-18)29(24,25)21-8-3-2-4-9-21/h5-7,10-11H,2-4,8-9,12H2,1H3. The molecule has 1 aliphatic rings. The maximum Gasteiger partial charge on any atom is 0.350 e. The zero-order chi connectivity index (χ0) is 21.0. The minimum atomic E-state index is -3.80. The van der Waals surface area contributed by atoms with Crippen molar-refractivity contribution in [2.75, 3.05) is 26.8 Å². The van der Waals surface area contributed by atoms with Gasteiger partial charge in [-0.15, -0.1) is 11.3 Å². The van der Waals surface area contributed by atoms with E-state index in [0.29, 0.717) is 13.1 Å². The van der Waals surface area contributed by atoms with Gasteiger partial charge in [0.25, 0.3) is 0 Å². The zero-order valence-corrected chi connectivity index (χ0v) is 17.4. The lowest BCUT2D eigenvalue weighted by molar-refractivity contribution is 0.0476. The van der Waals surface area contributed by atoms with Crippen molar-refractivity contribution in [1.29, 1.82) is 0 Å². The van der Waals surface area contributed by atoms with Gasteiger partial charge in [-0.05, 0) is 42.5 Å². The van der Waals surface area contributed by atoms with Gasteiger partial charge in [0, 0.05) is 18.7 Å². The van der Waals surface area contributed by atoms with Gasteiger partial charge in [-0.2, -0.15) is 4.31 Å². The number of benzene rings is 1. The predicted octanol–water partition coefficient (Wildman–Crippen LogP) is 3.11. The Morgan fingerprint density at radius 3 is 2.55 bits per heavy atom. The Bertz CT molecular complexity index is 1010. The van der Waals surface area contributed by atoms with Crippen LogP contribution in [0, 0.1) is 5.82 Å². The molecule has 0 spiro atoms. The maximum absolute atomic E-state index is 13.7. The molecule has 29 heavy (non-hydrogen) atoms. The van der Waals surface area contributed by atoms with Gasteiger partial charge in [0.05, 0.1) is 7.11 Å². The number of thiophene rings is 1. The molecule has 1 fully saturated rings. The Labute approximate surface area is 172 Å². The molecule has 156 valence electrons. The summed E-state index contributed by atoms with van der Waals surface area (Å²) in [4.78, 5) is 24.4. The molecule has 1 aromatic carbocycles. The molecule has 1 saturated heterocycles. The fourth-order valence-corrected chi connectivity index (χ4v) is 5.81. The smallest absolute Gasteiger partial charge is 0.350 e. The zero-order valence-electron chi connectivity index (χ0n) is 15.7. The van der Waals surface area contributed by atoms with Crippen molar-refractivity contribution in [2.24, 2.45) is 0 Å². The van der Waals surface area contributed by atoms with Crippen molar-refractivity contribution in [3.8, 4) is 5.75 Å². The second kappa shape index (κ2) is 9.02. The summed E-state index contributed by atoms with van der Waals surface area (Å²) in [6.45, 7) is 0.189. The van der Waals surface area contributed by atoms with Crippen LogP contribution in [0.3, 0.4) is 0 Å². The lowest BCUT2D eigenvalue weighted by atomic mass is 10.1. The van der Waals surface area contributed by atoms with Crippen molar-refractivity contribution in [1.82, 2.24) is 4.31 Å². The third kappa shape index (κ3) is 4.65. The van der Waals surface area contributed by atoms with E-state index in [4.69, 9.17) is 9.47 Å². The quantitative estimate of drug-likeness (QED) is 0.484. The number of nitrogens with zero attached hydrogens (tertiary/aromatic N) is 1. The monoisotopic (exact) mass is 441 g/mol. The molecule has 3 rings (SSSR count). The van der Waals surface area contributed by atoms with Crippen LogP contribution in [0.1, 0.15) is 39.3 Å². The summed E-state index contributed by atoms with van der Waals surface area (Å²) >= 11 is 0.935. The Hall–Kier alpha value is -2.30. The van der Waals surface area contributed by atoms with E-state index in [-0.39, 0.29) is 21.1 Å². The largest absolute Gasteiger partial charge is 0.494 e. The predicted molar refractivity (Wildman–Crippen MR) is 104 cm³/mol. The highest BCUT2D eigenvalue weighted by molar-refractivity contribution is 7.89. The number of hydrogen-bond acceptors (Lipinski definition) is 7. The van der Waals surface area contributed by atoms with Gasteiger partial charge in [0.2, 0.25) is 10.0 Å². The highest BCUT2D eigenvalue weighted by atomic mass is 32.2. The van der Waals surface area contributed by atoms with Gasteiger partial charge in [-0.1, -0.05) is 6.42 Å². The number of halogens is 1. The SMILES string of the molecule is COc1ccc(C(=O)COC(=O)c2sccc2S(=O)(=O)N2CCCCC2)cc1F. The number of ketones is 1. The van der Waals surface area contributed by atoms with Crippen molar-refractivity contribution in [3.63, 3.8) is 0 Å². The minimum absolute atomic E-state index is 0.00954. The van der Waals surface area contributed by atoms with Gasteiger partial charge in [0.15, 0.2) is 24.0 Å². The van der Waals surface area contributed by atoms with E-state index in [1.165, 1.54) is 35.0 Å². The molecule has 0 bridgehead atoms. The first-order valence-corrected chi connectivity index (χ1v) is 11.3. The lowest BCUT2D eigenvalue weighted by Gasteiger charge is -2.25. The van der Waals surface area contributed by atoms with Gasteiger partial charge in [-0.25, -0.2) is 17.6 Å². The van der Waals surface area contributed by atoms with E-state index in [2.05, 4.69) is 0 Å². The molecule has 1 aliphatic heterocycles. The van der Waals surface area contributed by atoms with E-state index in [0.717, 1.165) is 36.7 Å². The molecule has 0 unspecified atom stereocenters. The number of carbonyl (C=O) groups is 2. The number of hydrogen-bond donors (Lipinski definition) is 0. The number of carbonyl (C=O) groups excluding carboxylic acids is 2. The second-order valence-corrected chi connectivity index (χ2v) is 9.25. The number of esters is 1. The molecular weight excluding hydrogens is 421 g/mol. The van der Waals surface area contributed by atoms with Crippen molar-refractivity contribution in [3.05, 3.63) is 45.9 Å². The van der Waals surface area contributed by atoms with Gasteiger partial charge in [-0.3, -0.25) is 4.79 Å². The Kier molecular flexibility index (Phi) is 6.66. The highest BCUT2D eigenvalue weighted by Gasteiger charge is 2.31. The van der Waals surface area contributed by atoms with Crippen LogP contribution in [-0.2, 0) is 14.8 Å². The number of Topliss-reactive ketones (excluding diaryl/α,β-unsaturated/α-hetero) is 1. The number of rotatable bonds is 7. The minimum Gasteiger partial charge on any atom is -0.494 e. The topological polar surface area (TPSA) is 90.0 Å². The molecule has 10 heteroatoms. The first-order chi connectivity index (χ1) is 13.8. The van der Waals surface area contributed by atoms with E-state index in [9.17, 15) is 22.4 Å². The van der Waals surface area contributed by atoms with Crippen LogP contribution in [0.15, 0.2) is 34.5 Å². The molecule has 0 amide bonds. The van der Waals surface area contributed by atoms with E-state index >= 15 is 0 Å². The molecule has 0 N–H and O–H groups in total. The van der Waals surface area contributed by atoms with Gasteiger partial charge in [0.1, 0.15) is 9.77 Å². The molecule has 7 nitrogen and oxygen atoms in total. The summed E-state index contributed by atoms with van der Waals surface area (Å²) in [5, 5.41) is 1.49. The summed E-state index contributed by atoms with van der Waals surface area (Å²) < 4.78 is 50.6. The summed E-state index contributed by atoms with van der Waals surface area (Å²) in [6, 6.07) is 5.01. The van der Waals surface area contributed by atoms with E-state index in [1.807, 2.05) is 0 Å². The summed E-state index contributed by atoms with van der Waals surface area (Å²) in [6.07, 6.45) is 2.52. The van der Waals surface area contributed by atoms with Crippen LogP contribution in [0.5, 0.6) is 5.75 Å². The van der Waals surface area contributed by atoms with Crippen LogP contribution in [-0.4, -0.2) is 51.3 Å². The maximum atomic E-state index is 13.7. The summed E-state index contributed by atoms with van der Waals surface area (Å²) in [5.41, 5.74) is 0.0171. The highest BCUT2D eigenvalue weighted by Crippen LogP contribution is 2.28. The molecule has 0 aliphatic carbocycles. The van der Waals surface area contributed by atoms with Crippen molar-refractivity contribution in [2.45, 2.75) is 24.2 Å². The average molecular weight is 442 g/mol. The molecule has 2 aromatic rings. The van der Waals surface area contributed by atoms with E-state index < -0.39 is 34.2 Å². The fraction of sp³-hybridized carbons (Fsp3) is 0.368. The van der Waals surface area contributed by atoms with Crippen LogP contribution in [0.2, 0.25) is 0 Å². The number of piperidine rings is 1. The molecule has 2 heterocycles. The van der Waals surface area contributed by atoms with Gasteiger partial charge < -0.3 is 9.47 Å². The Balaban J connectivity index is 1.70. The molecule has 0 radical (unpaired) electrons. The molecule has 1 aromatic heterocycles. The molecule has 0 atom stereocenters. The molecule has 0 saturated carbocycles.